The van der Waals surface area contributed by atoms with Gasteiger partial charge in [-0.25, -0.2) is 9.97 Å². The molecule has 6 heteroatoms. The number of nitrogens with zero attached hydrogens (tertiary/aromatic N) is 3. The van der Waals surface area contributed by atoms with Gasteiger partial charge in [0.2, 0.25) is 0 Å². The zero-order valence-corrected chi connectivity index (χ0v) is 13.2. The van der Waals surface area contributed by atoms with Crippen molar-refractivity contribution in [3.8, 4) is 0 Å². The van der Waals surface area contributed by atoms with Crippen molar-refractivity contribution in [1.82, 2.24) is 15.0 Å². The number of aliphatic carboxylic acids is 1. The first-order valence-corrected chi connectivity index (χ1v) is 8.52. The Morgan fingerprint density at radius 3 is 2.91 bits per heavy atom. The molecule has 1 aliphatic heterocycles. The predicted molar refractivity (Wildman–Crippen MR) is 87.7 cm³/mol. The molecule has 4 rings (SSSR count). The van der Waals surface area contributed by atoms with E-state index in [1.807, 2.05) is 12.3 Å². The van der Waals surface area contributed by atoms with Gasteiger partial charge < -0.3 is 15.0 Å². The second kappa shape index (κ2) is 5.83. The third kappa shape index (κ3) is 3.02. The largest absolute Gasteiger partial charge is 0.481 e. The van der Waals surface area contributed by atoms with Crippen molar-refractivity contribution in [1.29, 1.82) is 0 Å². The number of hydrogen-bond acceptors (Lipinski definition) is 4. The van der Waals surface area contributed by atoms with Crippen molar-refractivity contribution in [3.05, 3.63) is 18.1 Å². The molecule has 0 aromatic carbocycles. The summed E-state index contributed by atoms with van der Waals surface area (Å²) < 4.78 is 0. The molecular weight excluding hydrogens is 292 g/mol. The van der Waals surface area contributed by atoms with Gasteiger partial charge in [-0.15, -0.1) is 0 Å². The lowest BCUT2D eigenvalue weighted by Gasteiger charge is -2.23. The number of carboxylic acid groups (broad SMARTS) is 1. The number of aromatic amines is 1. The molecular formula is C17H22N4O2. The highest BCUT2D eigenvalue weighted by molar-refractivity contribution is 5.87. The smallest absolute Gasteiger partial charge is 0.303 e. The number of rotatable bonds is 4. The number of carboxylic acids is 1. The van der Waals surface area contributed by atoms with E-state index < -0.39 is 5.97 Å². The van der Waals surface area contributed by atoms with Crippen LogP contribution < -0.4 is 4.90 Å². The minimum absolute atomic E-state index is 0.281. The molecule has 1 aliphatic carbocycles. The molecule has 122 valence electrons. The predicted octanol–water partition coefficient (Wildman–Crippen LogP) is 2.92. The molecule has 2 aliphatic rings. The van der Waals surface area contributed by atoms with Gasteiger partial charge in [0.1, 0.15) is 17.3 Å². The van der Waals surface area contributed by atoms with Crippen molar-refractivity contribution in [2.45, 2.75) is 44.4 Å². The Kier molecular flexibility index (Phi) is 3.67. The van der Waals surface area contributed by atoms with Gasteiger partial charge >= 0.3 is 5.97 Å². The van der Waals surface area contributed by atoms with Crippen LogP contribution in [-0.2, 0) is 4.79 Å². The first kappa shape index (κ1) is 14.5. The third-order valence-electron chi connectivity index (χ3n) is 4.97. The average Bonchev–Trinajstić information content (AvgIpc) is 3.30. The number of carbonyl (C=O) groups is 1. The molecule has 1 saturated carbocycles. The molecule has 2 aromatic heterocycles. The number of anilines is 1. The molecule has 1 unspecified atom stereocenters. The van der Waals surface area contributed by atoms with E-state index in [4.69, 9.17) is 10.1 Å². The van der Waals surface area contributed by atoms with Crippen molar-refractivity contribution in [3.63, 3.8) is 0 Å². The second-order valence-electron chi connectivity index (χ2n) is 6.80. The van der Waals surface area contributed by atoms with E-state index >= 15 is 0 Å². The van der Waals surface area contributed by atoms with Crippen molar-refractivity contribution >= 4 is 22.8 Å². The summed E-state index contributed by atoms with van der Waals surface area (Å²) in [6, 6.07) is 2.04. The molecule has 0 spiro atoms. The highest BCUT2D eigenvalue weighted by Crippen LogP contribution is 2.40. The minimum Gasteiger partial charge on any atom is -0.481 e. The molecule has 0 bridgehead atoms. The first-order valence-electron chi connectivity index (χ1n) is 8.52. The molecule has 0 amide bonds. The van der Waals surface area contributed by atoms with Gasteiger partial charge in [0, 0.05) is 31.6 Å². The Bertz CT molecular complexity index is 722. The van der Waals surface area contributed by atoms with Crippen LogP contribution in [0.1, 0.15) is 50.3 Å². The lowest BCUT2D eigenvalue weighted by molar-refractivity contribution is -0.138. The SMILES string of the molecule is O=C(O)CC1CCCN(c2nc(C3CC3)nc3[nH]ccc23)CC1. The standard InChI is InChI=1S/C17H22N4O2/c22-14(23)10-11-2-1-8-21(9-6-11)17-13-5-7-18-16(13)19-15(20-17)12-3-4-12/h5,7,11-12H,1-4,6,8-10H2,(H,22,23)(H,18,19,20). The van der Waals surface area contributed by atoms with Crippen LogP contribution in [0.15, 0.2) is 12.3 Å². The van der Waals surface area contributed by atoms with Gasteiger partial charge in [-0.1, -0.05) is 0 Å². The maximum absolute atomic E-state index is 11.0. The molecule has 2 fully saturated rings. The maximum atomic E-state index is 11.0. The zero-order valence-electron chi connectivity index (χ0n) is 13.2. The fourth-order valence-electron chi connectivity index (χ4n) is 3.54. The van der Waals surface area contributed by atoms with E-state index in [1.54, 1.807) is 0 Å². The van der Waals surface area contributed by atoms with Gasteiger partial charge in [0.25, 0.3) is 0 Å². The minimum atomic E-state index is -0.686. The van der Waals surface area contributed by atoms with Crippen LogP contribution in [0.3, 0.4) is 0 Å². The van der Waals surface area contributed by atoms with Gasteiger partial charge in [0.05, 0.1) is 5.39 Å². The highest BCUT2D eigenvalue weighted by atomic mass is 16.4. The quantitative estimate of drug-likeness (QED) is 0.906. The lowest BCUT2D eigenvalue weighted by Crippen LogP contribution is -2.26. The average molecular weight is 314 g/mol. The van der Waals surface area contributed by atoms with Crippen LogP contribution in [-0.4, -0.2) is 39.1 Å². The van der Waals surface area contributed by atoms with Gasteiger partial charge in [-0.3, -0.25) is 4.79 Å². The van der Waals surface area contributed by atoms with E-state index in [0.717, 1.165) is 55.0 Å². The Hall–Kier alpha value is -2.11. The highest BCUT2D eigenvalue weighted by Gasteiger charge is 2.29. The number of fused-ring (bicyclic) bond motifs is 1. The summed E-state index contributed by atoms with van der Waals surface area (Å²) in [5, 5.41) is 10.1. The van der Waals surface area contributed by atoms with Gasteiger partial charge in [-0.2, -0.15) is 0 Å². The summed E-state index contributed by atoms with van der Waals surface area (Å²) in [5.41, 5.74) is 0.920. The third-order valence-corrected chi connectivity index (χ3v) is 4.97. The topological polar surface area (TPSA) is 82.1 Å². The van der Waals surface area contributed by atoms with E-state index in [2.05, 4.69) is 14.9 Å². The maximum Gasteiger partial charge on any atom is 0.303 e. The lowest BCUT2D eigenvalue weighted by atomic mass is 9.97. The Morgan fingerprint density at radius 2 is 2.13 bits per heavy atom. The van der Waals surface area contributed by atoms with Crippen LogP contribution in [0.4, 0.5) is 5.82 Å². The Balaban J connectivity index is 1.60. The normalized spacial score (nSPS) is 22.3. The van der Waals surface area contributed by atoms with Gasteiger partial charge in [-0.05, 0) is 44.1 Å². The van der Waals surface area contributed by atoms with Crippen LogP contribution >= 0.6 is 0 Å². The van der Waals surface area contributed by atoms with Gasteiger partial charge in [0.15, 0.2) is 0 Å². The fourth-order valence-corrected chi connectivity index (χ4v) is 3.54. The fraction of sp³-hybridized carbons (Fsp3) is 0.588. The molecule has 2 aromatic rings. The molecule has 1 saturated heterocycles. The van der Waals surface area contributed by atoms with Crippen molar-refractivity contribution in [2.24, 2.45) is 5.92 Å². The summed E-state index contributed by atoms with van der Waals surface area (Å²) in [6.45, 7) is 1.82. The molecule has 1 atom stereocenters. The van der Waals surface area contributed by atoms with E-state index in [0.29, 0.717) is 5.92 Å². The molecule has 0 radical (unpaired) electrons. The summed E-state index contributed by atoms with van der Waals surface area (Å²) in [7, 11) is 0. The monoisotopic (exact) mass is 314 g/mol. The Morgan fingerprint density at radius 1 is 1.26 bits per heavy atom. The summed E-state index contributed by atoms with van der Waals surface area (Å²) >= 11 is 0. The second-order valence-corrected chi connectivity index (χ2v) is 6.80. The molecule has 3 heterocycles. The zero-order chi connectivity index (χ0) is 15.8. The van der Waals surface area contributed by atoms with Crippen LogP contribution in [0.25, 0.3) is 11.0 Å². The molecule has 2 N–H and O–H groups in total. The van der Waals surface area contributed by atoms with Crippen LogP contribution in [0.2, 0.25) is 0 Å². The number of hydrogen-bond donors (Lipinski definition) is 2. The molecule has 6 nitrogen and oxygen atoms in total. The summed E-state index contributed by atoms with van der Waals surface area (Å²) in [5.74, 6) is 2.10. The van der Waals surface area contributed by atoms with E-state index in [9.17, 15) is 4.79 Å². The number of aromatic nitrogens is 3. The summed E-state index contributed by atoms with van der Waals surface area (Å²) in [4.78, 5) is 26.0. The number of H-pyrrole nitrogens is 1. The summed E-state index contributed by atoms with van der Waals surface area (Å²) in [6.07, 6.45) is 7.50. The van der Waals surface area contributed by atoms with E-state index in [1.165, 1.54) is 12.8 Å². The van der Waals surface area contributed by atoms with Crippen LogP contribution in [0.5, 0.6) is 0 Å². The first-order chi connectivity index (χ1) is 11.2. The molecule has 23 heavy (non-hydrogen) atoms. The van der Waals surface area contributed by atoms with Crippen LogP contribution in [0, 0.1) is 5.92 Å². The Labute approximate surface area is 134 Å². The van der Waals surface area contributed by atoms with Crippen molar-refractivity contribution in [2.75, 3.05) is 18.0 Å². The van der Waals surface area contributed by atoms with Crippen molar-refractivity contribution < 1.29 is 9.90 Å². The number of nitrogens with one attached hydrogen (secondary N) is 1. The van der Waals surface area contributed by atoms with E-state index in [-0.39, 0.29) is 12.3 Å².